The zero-order valence-corrected chi connectivity index (χ0v) is 15.7. The lowest BCUT2D eigenvalue weighted by atomic mass is 10.2. The summed E-state index contributed by atoms with van der Waals surface area (Å²) >= 11 is 1.55. The maximum atomic E-state index is 5.82. The number of ether oxygens (including phenoxy) is 2. The van der Waals surface area contributed by atoms with Gasteiger partial charge in [-0.15, -0.1) is 10.2 Å². The number of hydrogen-bond donors (Lipinski definition) is 1. The molecular weight excluding hydrogens is 362 g/mol. The summed E-state index contributed by atoms with van der Waals surface area (Å²) in [5.41, 5.74) is 3.80. The second-order valence-corrected chi connectivity index (χ2v) is 7.50. The van der Waals surface area contributed by atoms with Crippen LogP contribution < -0.4 is 5.32 Å². The Bertz CT molecular complexity index is 1050. The van der Waals surface area contributed by atoms with Crippen LogP contribution in [0, 0.1) is 0 Å². The Morgan fingerprint density at radius 2 is 2.07 bits per heavy atom. The number of dihydropyridines is 1. The van der Waals surface area contributed by atoms with E-state index in [-0.39, 0.29) is 0 Å². The maximum Gasteiger partial charge on any atom is 0.201 e. The molecule has 0 atom stereocenters. The molecule has 5 rings (SSSR count). The Hall–Kier alpha value is -2.55. The Balaban J connectivity index is 1.59. The van der Waals surface area contributed by atoms with E-state index >= 15 is 0 Å². The number of rotatable bonds is 3. The Labute approximate surface area is 160 Å². The standard InChI is InChI=1S/C19H19N5O2S/c1-24-7-5-13-15(24)10-14(21-16(13)19-25-8-3-9-26-19)18-23-22-17(27-18)12-4-2-6-20-11-12/h2,4-7,10,19-20H,3,8-9,11H2,1H3. The molecule has 8 heteroatoms. The van der Waals surface area contributed by atoms with Gasteiger partial charge in [-0.2, -0.15) is 0 Å². The quantitative estimate of drug-likeness (QED) is 0.752. The third-order valence-corrected chi connectivity index (χ3v) is 5.71. The van der Waals surface area contributed by atoms with E-state index in [0.717, 1.165) is 50.8 Å². The monoisotopic (exact) mass is 381 g/mol. The van der Waals surface area contributed by atoms with Gasteiger partial charge in [0.15, 0.2) is 5.01 Å². The molecule has 1 N–H and O–H groups in total. The van der Waals surface area contributed by atoms with Crippen molar-refractivity contribution in [2.75, 3.05) is 19.8 Å². The molecule has 5 heterocycles. The fourth-order valence-electron chi connectivity index (χ4n) is 3.29. The summed E-state index contributed by atoms with van der Waals surface area (Å²) in [6.07, 6.45) is 8.46. The molecule has 0 spiro atoms. The molecule has 0 amide bonds. The van der Waals surface area contributed by atoms with Gasteiger partial charge in [-0.05, 0) is 30.8 Å². The molecule has 0 aromatic carbocycles. The number of allylic oxidation sites excluding steroid dienone is 2. The molecule has 27 heavy (non-hydrogen) atoms. The zero-order chi connectivity index (χ0) is 18.2. The molecule has 2 aliphatic heterocycles. The fraction of sp³-hybridized carbons (Fsp3) is 0.316. The predicted molar refractivity (Wildman–Crippen MR) is 104 cm³/mol. The number of fused-ring (bicyclic) bond motifs is 1. The number of hydrogen-bond acceptors (Lipinski definition) is 7. The molecule has 3 aromatic rings. The van der Waals surface area contributed by atoms with E-state index in [1.54, 1.807) is 11.3 Å². The topological polar surface area (TPSA) is 74.1 Å². The lowest BCUT2D eigenvalue weighted by molar-refractivity contribution is -0.184. The third-order valence-electron chi connectivity index (χ3n) is 4.68. The van der Waals surface area contributed by atoms with E-state index in [9.17, 15) is 0 Å². The summed E-state index contributed by atoms with van der Waals surface area (Å²) in [6, 6.07) is 4.11. The summed E-state index contributed by atoms with van der Waals surface area (Å²) in [4.78, 5) is 4.86. The van der Waals surface area contributed by atoms with Crippen LogP contribution in [0.3, 0.4) is 0 Å². The smallest absolute Gasteiger partial charge is 0.201 e. The van der Waals surface area contributed by atoms with Gasteiger partial charge in [0.05, 0.1) is 18.7 Å². The van der Waals surface area contributed by atoms with Crippen molar-refractivity contribution in [3.05, 3.63) is 47.4 Å². The van der Waals surface area contributed by atoms with Crippen molar-refractivity contribution >= 4 is 27.8 Å². The van der Waals surface area contributed by atoms with Crippen molar-refractivity contribution < 1.29 is 9.47 Å². The molecular formula is C19H19N5O2S. The normalized spacial score (nSPS) is 17.9. The van der Waals surface area contributed by atoms with Crippen LogP contribution in [0.25, 0.3) is 27.2 Å². The zero-order valence-electron chi connectivity index (χ0n) is 14.9. The van der Waals surface area contributed by atoms with Crippen LogP contribution in [0.15, 0.2) is 36.7 Å². The largest absolute Gasteiger partial charge is 0.387 e. The Morgan fingerprint density at radius 1 is 1.22 bits per heavy atom. The van der Waals surface area contributed by atoms with Crippen LogP contribution in [0.2, 0.25) is 0 Å². The lowest BCUT2D eigenvalue weighted by Crippen LogP contribution is -2.19. The van der Waals surface area contributed by atoms with Crippen molar-refractivity contribution in [1.82, 2.24) is 25.1 Å². The molecule has 2 aliphatic rings. The lowest BCUT2D eigenvalue weighted by Gasteiger charge is -2.23. The summed E-state index contributed by atoms with van der Waals surface area (Å²) in [6.45, 7) is 2.12. The van der Waals surface area contributed by atoms with Gasteiger partial charge in [-0.1, -0.05) is 17.4 Å². The first-order chi connectivity index (χ1) is 13.3. The molecule has 0 radical (unpaired) electrons. The number of pyridine rings is 1. The van der Waals surface area contributed by atoms with E-state index in [1.807, 2.05) is 25.5 Å². The van der Waals surface area contributed by atoms with E-state index < -0.39 is 6.29 Å². The molecule has 0 saturated carbocycles. The second kappa shape index (κ2) is 6.88. The van der Waals surface area contributed by atoms with E-state index in [0.29, 0.717) is 13.2 Å². The maximum absolute atomic E-state index is 5.82. The summed E-state index contributed by atoms with van der Waals surface area (Å²) in [5, 5.41) is 14.7. The van der Waals surface area contributed by atoms with Gasteiger partial charge in [0.1, 0.15) is 16.4 Å². The molecule has 7 nitrogen and oxygen atoms in total. The van der Waals surface area contributed by atoms with Gasteiger partial charge in [0.2, 0.25) is 6.29 Å². The van der Waals surface area contributed by atoms with Crippen LogP contribution >= 0.6 is 11.3 Å². The molecule has 0 bridgehead atoms. The van der Waals surface area contributed by atoms with Gasteiger partial charge in [0.25, 0.3) is 0 Å². The van der Waals surface area contributed by atoms with E-state index in [2.05, 4.69) is 38.3 Å². The van der Waals surface area contributed by atoms with E-state index in [4.69, 9.17) is 14.5 Å². The highest BCUT2D eigenvalue weighted by Crippen LogP contribution is 2.34. The van der Waals surface area contributed by atoms with Crippen molar-refractivity contribution in [2.45, 2.75) is 12.7 Å². The molecule has 138 valence electrons. The van der Waals surface area contributed by atoms with Crippen LogP contribution in [-0.2, 0) is 16.5 Å². The highest BCUT2D eigenvalue weighted by atomic mass is 32.1. The molecule has 1 fully saturated rings. The molecule has 3 aromatic heterocycles. The fourth-order valence-corrected chi connectivity index (χ4v) is 4.12. The predicted octanol–water partition coefficient (Wildman–Crippen LogP) is 3.03. The van der Waals surface area contributed by atoms with Crippen LogP contribution in [0.5, 0.6) is 0 Å². The number of nitrogens with one attached hydrogen (secondary N) is 1. The van der Waals surface area contributed by atoms with Crippen molar-refractivity contribution in [3.8, 4) is 10.7 Å². The summed E-state index contributed by atoms with van der Waals surface area (Å²) in [5.74, 6) is 0. The minimum Gasteiger partial charge on any atom is -0.387 e. The van der Waals surface area contributed by atoms with Crippen molar-refractivity contribution in [1.29, 1.82) is 0 Å². The number of nitrogens with zero attached hydrogens (tertiary/aromatic N) is 4. The van der Waals surface area contributed by atoms with Gasteiger partial charge in [-0.25, -0.2) is 4.98 Å². The third kappa shape index (κ3) is 3.05. The number of aromatic nitrogens is 4. The van der Waals surface area contributed by atoms with Crippen LogP contribution in [-0.4, -0.2) is 39.5 Å². The summed E-state index contributed by atoms with van der Waals surface area (Å²) in [7, 11) is 2.02. The first kappa shape index (κ1) is 16.6. The van der Waals surface area contributed by atoms with Crippen molar-refractivity contribution in [3.63, 3.8) is 0 Å². The molecule has 0 unspecified atom stereocenters. The minimum absolute atomic E-state index is 0.439. The van der Waals surface area contributed by atoms with Gasteiger partial charge >= 0.3 is 0 Å². The van der Waals surface area contributed by atoms with Crippen molar-refractivity contribution in [2.24, 2.45) is 7.05 Å². The van der Waals surface area contributed by atoms with E-state index in [1.165, 1.54) is 0 Å². The first-order valence-corrected chi connectivity index (χ1v) is 9.74. The highest BCUT2D eigenvalue weighted by molar-refractivity contribution is 7.15. The minimum atomic E-state index is -0.439. The van der Waals surface area contributed by atoms with Crippen LogP contribution in [0.1, 0.15) is 23.4 Å². The second-order valence-electron chi connectivity index (χ2n) is 6.52. The Kier molecular flexibility index (Phi) is 4.23. The SMILES string of the molecule is Cn1ccc2c(C3OCCCO3)nc(-c3nnc(C4=CC=CNC4)s3)cc21. The average molecular weight is 381 g/mol. The highest BCUT2D eigenvalue weighted by Gasteiger charge is 2.24. The molecule has 1 saturated heterocycles. The van der Waals surface area contributed by atoms with Gasteiger partial charge in [0, 0.05) is 30.7 Å². The number of aryl methyl sites for hydroxylation is 1. The Morgan fingerprint density at radius 3 is 2.89 bits per heavy atom. The summed E-state index contributed by atoms with van der Waals surface area (Å²) < 4.78 is 13.7. The van der Waals surface area contributed by atoms with Crippen LogP contribution in [0.4, 0.5) is 0 Å². The van der Waals surface area contributed by atoms with Gasteiger partial charge in [-0.3, -0.25) is 0 Å². The molecule has 0 aliphatic carbocycles. The first-order valence-electron chi connectivity index (χ1n) is 8.92. The van der Waals surface area contributed by atoms with Gasteiger partial charge < -0.3 is 19.4 Å². The average Bonchev–Trinajstić information content (AvgIpc) is 3.36.